The second-order valence-electron chi connectivity index (χ2n) is 5.39. The van der Waals surface area contributed by atoms with Crippen LogP contribution in [0.3, 0.4) is 0 Å². The van der Waals surface area contributed by atoms with Gasteiger partial charge < -0.3 is 14.8 Å². The second kappa shape index (κ2) is 7.24. The molecule has 5 nitrogen and oxygen atoms in total. The fraction of sp³-hybridized carbons (Fsp3) is 0.500. The Labute approximate surface area is 128 Å². The van der Waals surface area contributed by atoms with Crippen LogP contribution >= 0.6 is 0 Å². The van der Waals surface area contributed by atoms with Crippen LogP contribution in [-0.4, -0.2) is 31.1 Å². The van der Waals surface area contributed by atoms with E-state index >= 15 is 0 Å². The van der Waals surface area contributed by atoms with E-state index in [0.717, 1.165) is 31.7 Å². The van der Waals surface area contributed by atoms with Gasteiger partial charge >= 0.3 is 5.97 Å². The highest BCUT2D eigenvalue weighted by Gasteiger charge is 2.23. The second-order valence-corrected chi connectivity index (χ2v) is 5.39. The molecule has 0 bridgehead atoms. The summed E-state index contributed by atoms with van der Waals surface area (Å²) in [7, 11) is 1.34. The van der Waals surface area contributed by atoms with Crippen molar-refractivity contribution in [2.45, 2.75) is 44.8 Å². The quantitative estimate of drug-likeness (QED) is 0.849. The molecule has 120 valence electrons. The molecular formula is C16H20FNO4. The summed E-state index contributed by atoms with van der Waals surface area (Å²) in [6.07, 6.45) is 3.19. The van der Waals surface area contributed by atoms with Crippen LogP contribution in [0.2, 0.25) is 0 Å². The molecule has 1 unspecified atom stereocenters. The van der Waals surface area contributed by atoms with Crippen molar-refractivity contribution >= 4 is 11.9 Å². The molecule has 1 amide bonds. The minimum absolute atomic E-state index is 0.0406. The third-order valence-corrected chi connectivity index (χ3v) is 3.74. The van der Waals surface area contributed by atoms with Gasteiger partial charge in [-0.3, -0.25) is 4.79 Å². The van der Waals surface area contributed by atoms with Crippen LogP contribution in [0.1, 0.15) is 43.0 Å². The SMILES string of the molecule is COc1ccc(C(=O)OC(C)C(=O)NC2CCCC2)cc1F. The van der Waals surface area contributed by atoms with Crippen molar-refractivity contribution in [3.8, 4) is 5.75 Å². The molecule has 0 spiro atoms. The predicted octanol–water partition coefficient (Wildman–Crippen LogP) is 2.44. The summed E-state index contributed by atoms with van der Waals surface area (Å²) >= 11 is 0. The van der Waals surface area contributed by atoms with E-state index < -0.39 is 17.9 Å². The van der Waals surface area contributed by atoms with Gasteiger partial charge in [-0.2, -0.15) is 0 Å². The lowest BCUT2D eigenvalue weighted by Gasteiger charge is -2.17. The van der Waals surface area contributed by atoms with E-state index in [9.17, 15) is 14.0 Å². The number of halogens is 1. The maximum Gasteiger partial charge on any atom is 0.339 e. The molecule has 1 aromatic rings. The first kappa shape index (κ1) is 16.3. The van der Waals surface area contributed by atoms with Gasteiger partial charge in [0, 0.05) is 6.04 Å². The van der Waals surface area contributed by atoms with Crippen LogP contribution in [0, 0.1) is 5.82 Å². The average Bonchev–Trinajstić information content (AvgIpc) is 2.99. The van der Waals surface area contributed by atoms with Crippen molar-refractivity contribution in [1.82, 2.24) is 5.32 Å². The van der Waals surface area contributed by atoms with Gasteiger partial charge in [-0.1, -0.05) is 12.8 Å². The molecule has 1 aliphatic carbocycles. The number of amides is 1. The minimum Gasteiger partial charge on any atom is -0.494 e. The van der Waals surface area contributed by atoms with E-state index in [2.05, 4.69) is 5.32 Å². The first-order chi connectivity index (χ1) is 10.5. The van der Waals surface area contributed by atoms with E-state index in [0.29, 0.717) is 0 Å². The first-order valence-electron chi connectivity index (χ1n) is 7.36. The third kappa shape index (κ3) is 3.96. The summed E-state index contributed by atoms with van der Waals surface area (Å²) in [6.45, 7) is 1.50. The van der Waals surface area contributed by atoms with E-state index in [1.54, 1.807) is 0 Å². The molecule has 1 fully saturated rings. The lowest BCUT2D eigenvalue weighted by molar-refractivity contribution is -0.129. The van der Waals surface area contributed by atoms with Crippen LogP contribution in [0.15, 0.2) is 18.2 Å². The van der Waals surface area contributed by atoms with Crippen LogP contribution < -0.4 is 10.1 Å². The van der Waals surface area contributed by atoms with Gasteiger partial charge in [-0.05, 0) is 38.0 Å². The smallest absolute Gasteiger partial charge is 0.339 e. The maximum absolute atomic E-state index is 13.6. The zero-order chi connectivity index (χ0) is 16.1. The van der Waals surface area contributed by atoms with Crippen molar-refractivity contribution in [2.75, 3.05) is 7.11 Å². The van der Waals surface area contributed by atoms with E-state index in [1.165, 1.54) is 26.2 Å². The summed E-state index contributed by atoms with van der Waals surface area (Å²) < 4.78 is 23.4. The number of ether oxygens (including phenoxy) is 2. The standard InChI is InChI=1S/C16H20FNO4/c1-10(15(19)18-12-5-3-4-6-12)22-16(20)11-7-8-14(21-2)13(17)9-11/h7-10,12H,3-6H2,1-2H3,(H,18,19). The number of nitrogens with one attached hydrogen (secondary N) is 1. The normalized spacial score (nSPS) is 16.1. The number of rotatable bonds is 5. The van der Waals surface area contributed by atoms with Gasteiger partial charge in [-0.15, -0.1) is 0 Å². The van der Waals surface area contributed by atoms with Crippen molar-refractivity contribution in [2.24, 2.45) is 0 Å². The van der Waals surface area contributed by atoms with E-state index in [4.69, 9.17) is 9.47 Å². The topological polar surface area (TPSA) is 64.6 Å². The van der Waals surface area contributed by atoms with Gasteiger partial charge in [-0.25, -0.2) is 9.18 Å². The number of esters is 1. The summed E-state index contributed by atoms with van der Waals surface area (Å²) in [4.78, 5) is 23.9. The molecule has 1 N–H and O–H groups in total. The largest absolute Gasteiger partial charge is 0.494 e. The Kier molecular flexibility index (Phi) is 5.35. The lowest BCUT2D eigenvalue weighted by atomic mass is 10.2. The van der Waals surface area contributed by atoms with Crippen molar-refractivity contribution in [1.29, 1.82) is 0 Å². The molecule has 2 rings (SSSR count). The summed E-state index contributed by atoms with van der Waals surface area (Å²) in [5.41, 5.74) is 0.0406. The highest BCUT2D eigenvalue weighted by Crippen LogP contribution is 2.19. The first-order valence-corrected chi connectivity index (χ1v) is 7.36. The number of hydrogen-bond donors (Lipinski definition) is 1. The van der Waals surface area contributed by atoms with Crippen LogP contribution in [0.4, 0.5) is 4.39 Å². The molecule has 6 heteroatoms. The number of hydrogen-bond acceptors (Lipinski definition) is 4. The Morgan fingerprint density at radius 1 is 1.32 bits per heavy atom. The van der Waals surface area contributed by atoms with Crippen LogP contribution in [-0.2, 0) is 9.53 Å². The van der Waals surface area contributed by atoms with Gasteiger partial charge in [0.25, 0.3) is 5.91 Å². The fourth-order valence-corrected chi connectivity index (χ4v) is 2.46. The zero-order valence-electron chi connectivity index (χ0n) is 12.7. The van der Waals surface area contributed by atoms with Crippen molar-refractivity contribution in [3.05, 3.63) is 29.6 Å². The Bertz CT molecular complexity index is 555. The molecule has 1 atom stereocenters. The molecule has 0 saturated heterocycles. The Morgan fingerprint density at radius 2 is 2.00 bits per heavy atom. The molecule has 0 heterocycles. The average molecular weight is 309 g/mol. The Morgan fingerprint density at radius 3 is 2.59 bits per heavy atom. The summed E-state index contributed by atoms with van der Waals surface area (Å²) in [5.74, 6) is -1.67. The van der Waals surface area contributed by atoms with Crippen molar-refractivity contribution in [3.63, 3.8) is 0 Å². The number of benzene rings is 1. The third-order valence-electron chi connectivity index (χ3n) is 3.74. The maximum atomic E-state index is 13.6. The highest BCUT2D eigenvalue weighted by molar-refractivity contribution is 5.92. The number of carbonyl (C=O) groups is 2. The minimum atomic E-state index is -0.918. The Hall–Kier alpha value is -2.11. The lowest BCUT2D eigenvalue weighted by Crippen LogP contribution is -2.40. The number of carbonyl (C=O) groups excluding carboxylic acids is 2. The van der Waals surface area contributed by atoms with E-state index in [1.807, 2.05) is 0 Å². The van der Waals surface area contributed by atoms with Gasteiger partial charge in [0.2, 0.25) is 0 Å². The highest BCUT2D eigenvalue weighted by atomic mass is 19.1. The molecule has 0 aliphatic heterocycles. The van der Waals surface area contributed by atoms with Crippen molar-refractivity contribution < 1.29 is 23.5 Å². The molecule has 1 aliphatic rings. The van der Waals surface area contributed by atoms with Crippen LogP contribution in [0.5, 0.6) is 5.75 Å². The predicted molar refractivity (Wildman–Crippen MR) is 78.2 cm³/mol. The molecule has 1 aromatic carbocycles. The molecule has 1 saturated carbocycles. The molecule has 0 radical (unpaired) electrons. The monoisotopic (exact) mass is 309 g/mol. The summed E-state index contributed by atoms with van der Waals surface area (Å²) in [5, 5.41) is 2.85. The molecular weight excluding hydrogens is 289 g/mol. The summed E-state index contributed by atoms with van der Waals surface area (Å²) in [6, 6.07) is 3.93. The van der Waals surface area contributed by atoms with Crippen LogP contribution in [0.25, 0.3) is 0 Å². The fourth-order valence-electron chi connectivity index (χ4n) is 2.46. The Balaban J connectivity index is 1.92. The molecule has 22 heavy (non-hydrogen) atoms. The van der Waals surface area contributed by atoms with E-state index in [-0.39, 0.29) is 23.3 Å². The molecule has 0 aromatic heterocycles. The van der Waals surface area contributed by atoms with Gasteiger partial charge in [0.05, 0.1) is 12.7 Å². The number of methoxy groups -OCH3 is 1. The zero-order valence-corrected chi connectivity index (χ0v) is 12.7. The van der Waals surface area contributed by atoms with Gasteiger partial charge in [0.15, 0.2) is 17.7 Å². The van der Waals surface area contributed by atoms with Gasteiger partial charge in [0.1, 0.15) is 0 Å².